The number of aliphatic hydroxyl groups excluding tert-OH is 1. The number of rotatable bonds is 2. The Hall–Kier alpha value is -1.85. The first-order valence-corrected chi connectivity index (χ1v) is 4.62. The number of aliphatic hydroxyl groups is 2. The smallest absolute Gasteiger partial charge is 0.196 e. The van der Waals surface area contributed by atoms with Crippen molar-refractivity contribution in [3.05, 3.63) is 48.0 Å². The molecule has 1 aromatic heterocycles. The molecular weight excluding hydrogens is 211 g/mol. The van der Waals surface area contributed by atoms with E-state index in [1.54, 1.807) is 0 Å². The maximum absolute atomic E-state index is 12.7. The molecule has 0 bridgehead atoms. The van der Waals surface area contributed by atoms with Gasteiger partial charge in [0.15, 0.2) is 12.1 Å². The van der Waals surface area contributed by atoms with E-state index in [-0.39, 0.29) is 11.5 Å². The van der Waals surface area contributed by atoms with Gasteiger partial charge in [-0.1, -0.05) is 0 Å². The van der Waals surface area contributed by atoms with Gasteiger partial charge in [0, 0.05) is 11.8 Å². The predicted molar refractivity (Wildman–Crippen MR) is 54.6 cm³/mol. The molecule has 0 atom stereocenters. The highest BCUT2D eigenvalue weighted by Crippen LogP contribution is 2.16. The van der Waals surface area contributed by atoms with Crippen LogP contribution in [0.4, 0.5) is 4.39 Å². The zero-order valence-corrected chi connectivity index (χ0v) is 8.21. The summed E-state index contributed by atoms with van der Waals surface area (Å²) in [5, 5.41) is 17.9. The van der Waals surface area contributed by atoms with Gasteiger partial charge in [-0.2, -0.15) is 0 Å². The van der Waals surface area contributed by atoms with Crippen molar-refractivity contribution < 1.29 is 14.6 Å². The standard InChI is InChI=1S/C11H9FN2O2/c12-8-3-1-7(2-4-8)10-13-6-5-9(14-10)11(15)16/h1-6,11,15-16H. The zero-order chi connectivity index (χ0) is 11.5. The molecule has 0 aliphatic carbocycles. The largest absolute Gasteiger partial charge is 0.363 e. The lowest BCUT2D eigenvalue weighted by atomic mass is 10.2. The molecule has 0 unspecified atom stereocenters. The number of hydrogen-bond acceptors (Lipinski definition) is 4. The van der Waals surface area contributed by atoms with E-state index < -0.39 is 6.29 Å². The molecule has 82 valence electrons. The van der Waals surface area contributed by atoms with Crippen molar-refractivity contribution in [2.24, 2.45) is 0 Å². The van der Waals surface area contributed by atoms with Gasteiger partial charge in [-0.15, -0.1) is 0 Å². The van der Waals surface area contributed by atoms with E-state index in [2.05, 4.69) is 9.97 Å². The third kappa shape index (κ3) is 2.21. The molecule has 5 heteroatoms. The van der Waals surface area contributed by atoms with E-state index in [1.807, 2.05) is 0 Å². The molecule has 0 aliphatic heterocycles. The van der Waals surface area contributed by atoms with Crippen molar-refractivity contribution in [1.29, 1.82) is 0 Å². The Bertz CT molecular complexity index is 486. The summed E-state index contributed by atoms with van der Waals surface area (Å²) < 4.78 is 12.7. The van der Waals surface area contributed by atoms with E-state index in [1.165, 1.54) is 36.5 Å². The summed E-state index contributed by atoms with van der Waals surface area (Å²) in [5.41, 5.74) is 0.721. The van der Waals surface area contributed by atoms with Crippen LogP contribution in [0.15, 0.2) is 36.5 Å². The highest BCUT2D eigenvalue weighted by molar-refractivity contribution is 5.54. The maximum atomic E-state index is 12.7. The van der Waals surface area contributed by atoms with Crippen LogP contribution in [0.25, 0.3) is 11.4 Å². The van der Waals surface area contributed by atoms with E-state index in [0.29, 0.717) is 11.4 Å². The van der Waals surface area contributed by atoms with Crippen molar-refractivity contribution in [3.8, 4) is 11.4 Å². The first kappa shape index (κ1) is 10.7. The number of hydrogen-bond donors (Lipinski definition) is 2. The number of nitrogens with zero attached hydrogens (tertiary/aromatic N) is 2. The fraction of sp³-hybridized carbons (Fsp3) is 0.0909. The van der Waals surface area contributed by atoms with Crippen LogP contribution in [0.2, 0.25) is 0 Å². The summed E-state index contributed by atoms with van der Waals surface area (Å²) in [5.74, 6) is -0.0207. The second-order valence-electron chi connectivity index (χ2n) is 3.19. The number of benzene rings is 1. The van der Waals surface area contributed by atoms with E-state index in [4.69, 9.17) is 10.2 Å². The monoisotopic (exact) mass is 220 g/mol. The van der Waals surface area contributed by atoms with Crippen molar-refractivity contribution in [2.45, 2.75) is 6.29 Å². The highest BCUT2D eigenvalue weighted by Gasteiger charge is 2.07. The Morgan fingerprint density at radius 1 is 1.06 bits per heavy atom. The van der Waals surface area contributed by atoms with Gasteiger partial charge >= 0.3 is 0 Å². The summed E-state index contributed by atoms with van der Waals surface area (Å²) in [6.45, 7) is 0. The van der Waals surface area contributed by atoms with Gasteiger partial charge < -0.3 is 10.2 Å². The predicted octanol–water partition coefficient (Wildman–Crippen LogP) is 1.27. The van der Waals surface area contributed by atoms with Crippen LogP contribution in [0.1, 0.15) is 12.0 Å². The second kappa shape index (κ2) is 4.34. The van der Waals surface area contributed by atoms with Crippen molar-refractivity contribution in [1.82, 2.24) is 9.97 Å². The van der Waals surface area contributed by atoms with Crippen molar-refractivity contribution >= 4 is 0 Å². The average Bonchev–Trinajstić information content (AvgIpc) is 2.30. The Balaban J connectivity index is 2.40. The molecule has 0 amide bonds. The Morgan fingerprint density at radius 2 is 1.75 bits per heavy atom. The van der Waals surface area contributed by atoms with E-state index in [0.717, 1.165) is 0 Å². The topological polar surface area (TPSA) is 66.2 Å². The fourth-order valence-electron chi connectivity index (χ4n) is 1.25. The molecule has 16 heavy (non-hydrogen) atoms. The first-order valence-electron chi connectivity index (χ1n) is 4.62. The maximum Gasteiger partial charge on any atom is 0.196 e. The summed E-state index contributed by atoms with van der Waals surface area (Å²) in [7, 11) is 0. The van der Waals surface area contributed by atoms with Crippen LogP contribution in [0.3, 0.4) is 0 Å². The Labute approximate surface area is 91.0 Å². The third-order valence-electron chi connectivity index (χ3n) is 2.04. The van der Waals surface area contributed by atoms with Gasteiger partial charge in [0.2, 0.25) is 0 Å². The minimum atomic E-state index is -1.64. The SMILES string of the molecule is OC(O)c1ccnc(-c2ccc(F)cc2)n1. The molecule has 2 aromatic rings. The lowest BCUT2D eigenvalue weighted by Gasteiger charge is -2.04. The van der Waals surface area contributed by atoms with Gasteiger partial charge in [-0.25, -0.2) is 14.4 Å². The molecule has 0 saturated carbocycles. The number of aromatic nitrogens is 2. The van der Waals surface area contributed by atoms with Crippen LogP contribution < -0.4 is 0 Å². The zero-order valence-electron chi connectivity index (χ0n) is 8.21. The summed E-state index contributed by atoms with van der Waals surface area (Å²) in [4.78, 5) is 7.90. The fourth-order valence-corrected chi connectivity index (χ4v) is 1.25. The summed E-state index contributed by atoms with van der Waals surface area (Å²) in [6, 6.07) is 7.04. The molecule has 0 radical (unpaired) electrons. The van der Waals surface area contributed by atoms with Gasteiger partial charge in [0.25, 0.3) is 0 Å². The second-order valence-corrected chi connectivity index (χ2v) is 3.19. The average molecular weight is 220 g/mol. The van der Waals surface area contributed by atoms with Crippen LogP contribution in [-0.4, -0.2) is 20.2 Å². The highest BCUT2D eigenvalue weighted by atomic mass is 19.1. The van der Waals surface area contributed by atoms with Crippen LogP contribution >= 0.6 is 0 Å². The van der Waals surface area contributed by atoms with Gasteiger partial charge in [0.05, 0.1) is 5.69 Å². The third-order valence-corrected chi connectivity index (χ3v) is 2.04. The lowest BCUT2D eigenvalue weighted by Crippen LogP contribution is -2.00. The molecule has 1 heterocycles. The molecule has 0 fully saturated rings. The van der Waals surface area contributed by atoms with Crippen LogP contribution in [0.5, 0.6) is 0 Å². The summed E-state index contributed by atoms with van der Waals surface area (Å²) >= 11 is 0. The molecule has 2 rings (SSSR count). The minimum Gasteiger partial charge on any atom is -0.363 e. The van der Waals surface area contributed by atoms with E-state index >= 15 is 0 Å². The molecule has 0 spiro atoms. The van der Waals surface area contributed by atoms with Gasteiger partial charge in [-0.3, -0.25) is 0 Å². The summed E-state index contributed by atoms with van der Waals surface area (Å²) in [6.07, 6.45) is -0.220. The molecule has 0 saturated heterocycles. The molecular formula is C11H9FN2O2. The molecule has 1 aromatic carbocycles. The van der Waals surface area contributed by atoms with Crippen LogP contribution in [0, 0.1) is 5.82 Å². The first-order chi connectivity index (χ1) is 7.66. The van der Waals surface area contributed by atoms with Crippen molar-refractivity contribution in [3.63, 3.8) is 0 Å². The van der Waals surface area contributed by atoms with Crippen molar-refractivity contribution in [2.75, 3.05) is 0 Å². The van der Waals surface area contributed by atoms with Gasteiger partial charge in [-0.05, 0) is 30.3 Å². The lowest BCUT2D eigenvalue weighted by molar-refractivity contribution is -0.0458. The van der Waals surface area contributed by atoms with E-state index in [9.17, 15) is 4.39 Å². The molecule has 0 aliphatic rings. The molecule has 2 N–H and O–H groups in total. The molecule has 4 nitrogen and oxygen atoms in total. The Morgan fingerprint density at radius 3 is 2.38 bits per heavy atom. The number of halogens is 1. The quantitative estimate of drug-likeness (QED) is 0.748. The van der Waals surface area contributed by atoms with Gasteiger partial charge in [0.1, 0.15) is 5.82 Å². The normalized spacial score (nSPS) is 10.8. The Kier molecular flexibility index (Phi) is 2.89. The van der Waals surface area contributed by atoms with Crippen LogP contribution in [-0.2, 0) is 0 Å². The minimum absolute atomic E-state index is 0.106.